The summed E-state index contributed by atoms with van der Waals surface area (Å²) >= 11 is 0. The maximum atomic E-state index is 11.4. The van der Waals surface area contributed by atoms with Crippen LogP contribution in [0.25, 0.3) is 0 Å². The van der Waals surface area contributed by atoms with Gasteiger partial charge in [-0.05, 0) is 33.7 Å². The van der Waals surface area contributed by atoms with Crippen LogP contribution in [0.2, 0.25) is 0 Å². The van der Waals surface area contributed by atoms with E-state index >= 15 is 0 Å². The molecule has 1 atom stereocenters. The van der Waals surface area contributed by atoms with Crippen LogP contribution in [0.15, 0.2) is 0 Å². The largest absolute Gasteiger partial charge is 0.457 e. The molecule has 0 radical (unpaired) electrons. The van der Waals surface area contributed by atoms with Crippen molar-refractivity contribution in [3.8, 4) is 0 Å². The molecule has 16 heavy (non-hydrogen) atoms. The number of esters is 2. The highest BCUT2D eigenvalue weighted by Crippen LogP contribution is 2.10. The van der Waals surface area contributed by atoms with E-state index in [-0.39, 0.29) is 18.5 Å². The molecule has 0 aromatic carbocycles. The molecule has 0 saturated carbocycles. The van der Waals surface area contributed by atoms with Crippen molar-refractivity contribution in [2.45, 2.75) is 32.8 Å². The molecule has 1 unspecified atom stereocenters. The van der Waals surface area contributed by atoms with Gasteiger partial charge in [-0.1, -0.05) is 0 Å². The topological polar surface area (TPSA) is 64.6 Å². The third-order valence-corrected chi connectivity index (χ3v) is 2.15. The zero-order valence-electron chi connectivity index (χ0n) is 10.0. The number of rotatable bonds is 3. The highest BCUT2D eigenvalue weighted by Gasteiger charge is 2.25. The van der Waals surface area contributed by atoms with Crippen LogP contribution in [-0.4, -0.2) is 37.2 Å². The van der Waals surface area contributed by atoms with Gasteiger partial charge in [-0.15, -0.1) is 0 Å². The van der Waals surface area contributed by atoms with Gasteiger partial charge in [0.15, 0.2) is 6.61 Å². The zero-order chi connectivity index (χ0) is 12.2. The Balaban J connectivity index is 2.23. The molecule has 1 fully saturated rings. The van der Waals surface area contributed by atoms with Crippen molar-refractivity contribution in [2.75, 3.05) is 19.7 Å². The van der Waals surface area contributed by atoms with E-state index in [0.29, 0.717) is 6.54 Å². The first-order chi connectivity index (χ1) is 7.38. The summed E-state index contributed by atoms with van der Waals surface area (Å²) in [5.41, 5.74) is -0.543. The lowest BCUT2D eigenvalue weighted by molar-refractivity contribution is -0.168. The minimum atomic E-state index is -0.543. The highest BCUT2D eigenvalue weighted by molar-refractivity contribution is 5.78. The molecule has 1 saturated heterocycles. The summed E-state index contributed by atoms with van der Waals surface area (Å²) in [5, 5.41) is 3.06. The molecule has 0 amide bonds. The number of hydrogen-bond donors (Lipinski definition) is 1. The molecule has 92 valence electrons. The van der Waals surface area contributed by atoms with Crippen molar-refractivity contribution < 1.29 is 19.1 Å². The summed E-state index contributed by atoms with van der Waals surface area (Å²) in [4.78, 5) is 22.7. The average molecular weight is 229 g/mol. The molecule has 1 aliphatic rings. The summed E-state index contributed by atoms with van der Waals surface area (Å²) in [6.45, 7) is 6.47. The summed E-state index contributed by atoms with van der Waals surface area (Å²) in [5.74, 6) is -0.954. The molecule has 5 nitrogen and oxygen atoms in total. The first kappa shape index (κ1) is 13.0. The highest BCUT2D eigenvalue weighted by atomic mass is 16.6. The zero-order valence-corrected chi connectivity index (χ0v) is 10.0. The van der Waals surface area contributed by atoms with Gasteiger partial charge in [-0.25, -0.2) is 4.79 Å². The summed E-state index contributed by atoms with van der Waals surface area (Å²) in [6, 6.07) is 0. The van der Waals surface area contributed by atoms with Crippen molar-refractivity contribution in [1.29, 1.82) is 0 Å². The van der Waals surface area contributed by atoms with E-state index in [1.165, 1.54) is 0 Å². The van der Waals surface area contributed by atoms with Crippen LogP contribution in [0.1, 0.15) is 27.2 Å². The number of hydrogen-bond acceptors (Lipinski definition) is 5. The van der Waals surface area contributed by atoms with Crippen molar-refractivity contribution in [2.24, 2.45) is 5.92 Å². The molecule has 1 N–H and O–H groups in total. The van der Waals surface area contributed by atoms with E-state index in [1.54, 1.807) is 20.8 Å². The molecule has 0 aliphatic carbocycles. The van der Waals surface area contributed by atoms with E-state index in [4.69, 9.17) is 9.47 Å². The standard InChI is InChI=1S/C11H19NO4/c1-11(2,3)16-9(13)7-15-10(14)8-4-5-12-6-8/h8,12H,4-7H2,1-3H3. The molecule has 1 heterocycles. The Bertz CT molecular complexity index is 264. The fourth-order valence-corrected chi connectivity index (χ4v) is 1.47. The van der Waals surface area contributed by atoms with E-state index in [9.17, 15) is 9.59 Å². The smallest absolute Gasteiger partial charge is 0.344 e. The molecule has 1 aliphatic heterocycles. The average Bonchev–Trinajstić information content (AvgIpc) is 2.64. The maximum absolute atomic E-state index is 11.4. The van der Waals surface area contributed by atoms with Gasteiger partial charge in [0, 0.05) is 6.54 Å². The summed E-state index contributed by atoms with van der Waals surface area (Å²) in [6.07, 6.45) is 0.771. The van der Waals surface area contributed by atoms with Crippen LogP contribution in [0.3, 0.4) is 0 Å². The molecule has 0 spiro atoms. The van der Waals surface area contributed by atoms with Gasteiger partial charge in [0.25, 0.3) is 0 Å². The van der Waals surface area contributed by atoms with Crippen LogP contribution < -0.4 is 5.32 Å². The van der Waals surface area contributed by atoms with Crippen molar-refractivity contribution in [3.05, 3.63) is 0 Å². The van der Waals surface area contributed by atoms with Crippen LogP contribution >= 0.6 is 0 Å². The Morgan fingerprint density at radius 3 is 2.56 bits per heavy atom. The minimum Gasteiger partial charge on any atom is -0.457 e. The van der Waals surface area contributed by atoms with Gasteiger partial charge < -0.3 is 14.8 Å². The summed E-state index contributed by atoms with van der Waals surface area (Å²) < 4.78 is 9.90. The predicted molar refractivity (Wildman–Crippen MR) is 57.8 cm³/mol. The molecule has 0 aromatic rings. The van der Waals surface area contributed by atoms with Gasteiger partial charge in [0.1, 0.15) is 5.60 Å². The first-order valence-corrected chi connectivity index (χ1v) is 5.48. The first-order valence-electron chi connectivity index (χ1n) is 5.48. The number of nitrogens with one attached hydrogen (secondary N) is 1. The van der Waals surface area contributed by atoms with Gasteiger partial charge in [-0.3, -0.25) is 4.79 Å². The fourth-order valence-electron chi connectivity index (χ4n) is 1.47. The Hall–Kier alpha value is -1.10. The Morgan fingerprint density at radius 1 is 1.38 bits per heavy atom. The van der Waals surface area contributed by atoms with E-state index in [0.717, 1.165) is 13.0 Å². The van der Waals surface area contributed by atoms with E-state index in [2.05, 4.69) is 5.32 Å². The van der Waals surface area contributed by atoms with Crippen molar-refractivity contribution in [1.82, 2.24) is 5.32 Å². The molecular formula is C11H19NO4. The minimum absolute atomic E-state index is 0.123. The van der Waals surface area contributed by atoms with Crippen LogP contribution in [0, 0.1) is 5.92 Å². The van der Waals surface area contributed by atoms with Crippen LogP contribution in [-0.2, 0) is 19.1 Å². The maximum Gasteiger partial charge on any atom is 0.344 e. The molecule has 1 rings (SSSR count). The number of carbonyl (C=O) groups is 2. The van der Waals surface area contributed by atoms with Crippen LogP contribution in [0.5, 0.6) is 0 Å². The number of carbonyl (C=O) groups excluding carboxylic acids is 2. The van der Waals surface area contributed by atoms with Crippen molar-refractivity contribution in [3.63, 3.8) is 0 Å². The van der Waals surface area contributed by atoms with Crippen molar-refractivity contribution >= 4 is 11.9 Å². The Labute approximate surface area is 95.5 Å². The van der Waals surface area contributed by atoms with E-state index in [1.807, 2.05) is 0 Å². The van der Waals surface area contributed by atoms with Gasteiger partial charge >= 0.3 is 11.9 Å². The van der Waals surface area contributed by atoms with E-state index < -0.39 is 11.6 Å². The second kappa shape index (κ2) is 5.30. The lowest BCUT2D eigenvalue weighted by atomic mass is 10.1. The van der Waals surface area contributed by atoms with Gasteiger partial charge in [0.2, 0.25) is 0 Å². The third kappa shape index (κ3) is 4.61. The lowest BCUT2D eigenvalue weighted by Crippen LogP contribution is -2.29. The third-order valence-electron chi connectivity index (χ3n) is 2.15. The Morgan fingerprint density at radius 2 is 2.06 bits per heavy atom. The lowest BCUT2D eigenvalue weighted by Gasteiger charge is -2.19. The Kier molecular flexibility index (Phi) is 4.29. The number of ether oxygens (including phenoxy) is 2. The molecular weight excluding hydrogens is 210 g/mol. The van der Waals surface area contributed by atoms with Crippen LogP contribution in [0.4, 0.5) is 0 Å². The van der Waals surface area contributed by atoms with Gasteiger partial charge in [0.05, 0.1) is 5.92 Å². The molecule has 5 heteroatoms. The second-order valence-electron chi connectivity index (χ2n) is 4.88. The monoisotopic (exact) mass is 229 g/mol. The second-order valence-corrected chi connectivity index (χ2v) is 4.88. The quantitative estimate of drug-likeness (QED) is 0.713. The summed E-state index contributed by atoms with van der Waals surface area (Å²) in [7, 11) is 0. The predicted octanol–water partition coefficient (Wildman–Crippen LogP) is 0.481. The fraction of sp³-hybridized carbons (Fsp3) is 0.818. The SMILES string of the molecule is CC(C)(C)OC(=O)COC(=O)C1CCNC1. The van der Waals surface area contributed by atoms with Gasteiger partial charge in [-0.2, -0.15) is 0 Å². The molecule has 0 bridgehead atoms. The normalized spacial score (nSPS) is 20.6. The molecule has 0 aromatic heterocycles.